The molecule has 0 unspecified atom stereocenters. The van der Waals surface area contributed by atoms with Crippen LogP contribution in [-0.2, 0) is 7.05 Å². The number of aliphatic hydroxyl groups excluding tert-OH is 1. The van der Waals surface area contributed by atoms with Gasteiger partial charge in [-0.1, -0.05) is 18.2 Å². The van der Waals surface area contributed by atoms with Crippen molar-refractivity contribution in [3.05, 3.63) is 35.5 Å². The van der Waals surface area contributed by atoms with Gasteiger partial charge < -0.3 is 24.4 Å². The number of hydrogen-bond acceptors (Lipinski definition) is 4. The maximum Gasteiger partial charge on any atom is 0.270 e. The molecule has 1 amide bonds. The Bertz CT molecular complexity index is 815. The zero-order valence-corrected chi connectivity index (χ0v) is 17.3. The first-order valence-electron chi connectivity index (χ1n) is 10.3. The monoisotopic (exact) mass is 384 g/mol. The van der Waals surface area contributed by atoms with Crippen LogP contribution in [0.1, 0.15) is 16.1 Å². The summed E-state index contributed by atoms with van der Waals surface area (Å²) in [6.45, 7) is 8.86. The summed E-state index contributed by atoms with van der Waals surface area (Å²) < 4.78 is 2.02. The van der Waals surface area contributed by atoms with Crippen LogP contribution >= 0.6 is 0 Å². The van der Waals surface area contributed by atoms with E-state index in [2.05, 4.69) is 29.0 Å². The molecule has 2 aromatic rings. The van der Waals surface area contributed by atoms with Gasteiger partial charge in [-0.2, -0.15) is 0 Å². The average molecular weight is 385 g/mol. The van der Waals surface area contributed by atoms with Crippen LogP contribution in [0.3, 0.4) is 0 Å². The van der Waals surface area contributed by atoms with Gasteiger partial charge in [0.05, 0.1) is 0 Å². The number of likely N-dealkylation sites (tertiary alicyclic amines) is 1. The van der Waals surface area contributed by atoms with Gasteiger partial charge in [0.1, 0.15) is 5.69 Å². The highest BCUT2D eigenvalue weighted by Crippen LogP contribution is 2.30. The van der Waals surface area contributed by atoms with E-state index in [9.17, 15) is 9.90 Å². The second-order valence-corrected chi connectivity index (χ2v) is 8.57. The van der Waals surface area contributed by atoms with E-state index in [0.717, 1.165) is 61.4 Å². The lowest BCUT2D eigenvalue weighted by Crippen LogP contribution is -2.47. The van der Waals surface area contributed by atoms with Crippen molar-refractivity contribution in [2.45, 2.75) is 6.92 Å². The Morgan fingerprint density at radius 3 is 2.43 bits per heavy atom. The number of aromatic nitrogens is 1. The number of carbonyl (C=O) groups is 1. The Balaban J connectivity index is 1.51. The van der Waals surface area contributed by atoms with Crippen LogP contribution in [-0.4, -0.2) is 89.7 Å². The topological polar surface area (TPSA) is 52.0 Å². The van der Waals surface area contributed by atoms with E-state index < -0.39 is 0 Å². The van der Waals surface area contributed by atoms with Crippen LogP contribution in [0.5, 0.6) is 0 Å². The maximum atomic E-state index is 13.4. The number of likely N-dealkylation sites (N-methyl/N-ethyl adjacent to an activating group) is 1. The van der Waals surface area contributed by atoms with Gasteiger partial charge in [0, 0.05) is 76.3 Å². The molecule has 6 heteroatoms. The Morgan fingerprint density at radius 1 is 1.07 bits per heavy atom. The number of aliphatic hydroxyl groups is 1. The van der Waals surface area contributed by atoms with Gasteiger partial charge in [-0.25, -0.2) is 0 Å². The molecule has 4 rings (SSSR count). The van der Waals surface area contributed by atoms with Crippen LogP contribution in [0.4, 0.5) is 0 Å². The summed E-state index contributed by atoms with van der Waals surface area (Å²) in [5.74, 6) is 0.599. The van der Waals surface area contributed by atoms with Crippen LogP contribution in [0.15, 0.2) is 24.3 Å². The van der Waals surface area contributed by atoms with Gasteiger partial charge in [0.2, 0.25) is 0 Å². The third-order valence-electron chi connectivity index (χ3n) is 6.75. The van der Waals surface area contributed by atoms with Gasteiger partial charge >= 0.3 is 0 Å². The normalized spacial score (nSPS) is 24.4. The van der Waals surface area contributed by atoms with Gasteiger partial charge in [0.15, 0.2) is 0 Å². The molecule has 2 aliphatic heterocycles. The number of aryl methyl sites for hydroxylation is 2. The minimum absolute atomic E-state index is 0.0931. The summed E-state index contributed by atoms with van der Waals surface area (Å²) in [6, 6.07) is 8.18. The average Bonchev–Trinajstić information content (AvgIpc) is 3.22. The lowest BCUT2D eigenvalue weighted by atomic mass is 9.96. The third kappa shape index (κ3) is 3.45. The number of carbonyl (C=O) groups excluding carboxylic acids is 1. The smallest absolute Gasteiger partial charge is 0.270 e. The SMILES string of the molecule is Cc1c(C(=O)N2C[C@@H](CN3CCN(C)CC3)[C@@H](CO)C2)n(C)c2ccccc12. The number of nitrogens with zero attached hydrogens (tertiary/aromatic N) is 4. The van der Waals surface area contributed by atoms with Crippen LogP contribution in [0.2, 0.25) is 0 Å². The molecule has 0 spiro atoms. The van der Waals surface area contributed by atoms with E-state index in [1.54, 1.807) is 0 Å². The third-order valence-corrected chi connectivity index (χ3v) is 6.75. The van der Waals surface area contributed by atoms with Crippen molar-refractivity contribution >= 4 is 16.8 Å². The maximum absolute atomic E-state index is 13.4. The fourth-order valence-electron chi connectivity index (χ4n) is 4.92. The molecule has 3 heterocycles. The molecule has 6 nitrogen and oxygen atoms in total. The minimum atomic E-state index is 0.0931. The van der Waals surface area contributed by atoms with Gasteiger partial charge in [0.25, 0.3) is 5.91 Å². The zero-order valence-electron chi connectivity index (χ0n) is 17.3. The van der Waals surface area contributed by atoms with Crippen LogP contribution in [0, 0.1) is 18.8 Å². The predicted molar refractivity (Wildman–Crippen MR) is 112 cm³/mol. The molecule has 1 aromatic carbocycles. The Hall–Kier alpha value is -1.89. The van der Waals surface area contributed by atoms with E-state index in [4.69, 9.17) is 0 Å². The fraction of sp³-hybridized carbons (Fsp3) is 0.591. The first kappa shape index (κ1) is 19.4. The van der Waals surface area contributed by atoms with E-state index in [1.165, 1.54) is 0 Å². The van der Waals surface area contributed by atoms with E-state index in [-0.39, 0.29) is 18.4 Å². The molecule has 2 saturated heterocycles. The molecule has 1 aromatic heterocycles. The zero-order chi connectivity index (χ0) is 19.8. The number of rotatable bonds is 4. The summed E-state index contributed by atoms with van der Waals surface area (Å²) >= 11 is 0. The van der Waals surface area contributed by atoms with Gasteiger partial charge in [-0.15, -0.1) is 0 Å². The highest BCUT2D eigenvalue weighted by atomic mass is 16.3. The lowest BCUT2D eigenvalue weighted by Gasteiger charge is -2.34. The quantitative estimate of drug-likeness (QED) is 0.866. The van der Waals surface area contributed by atoms with Gasteiger partial charge in [-0.05, 0) is 31.5 Å². The molecule has 0 radical (unpaired) electrons. The van der Waals surface area contributed by atoms with Crippen LogP contribution < -0.4 is 0 Å². The minimum Gasteiger partial charge on any atom is -0.396 e. The lowest BCUT2D eigenvalue weighted by molar-refractivity contribution is 0.0767. The molecular weight excluding hydrogens is 352 g/mol. The number of piperazine rings is 1. The van der Waals surface area contributed by atoms with Crippen molar-refractivity contribution in [3.63, 3.8) is 0 Å². The standard InChI is InChI=1S/C22H32N4O2/c1-16-19-6-4-5-7-20(19)24(3)21(16)22(28)26-13-17(18(14-26)15-27)12-25-10-8-23(2)9-11-25/h4-7,17-18,27H,8-15H2,1-3H3/t17-,18-/m1/s1. The predicted octanol–water partition coefficient (Wildman–Crippen LogP) is 1.41. The highest BCUT2D eigenvalue weighted by Gasteiger charge is 2.37. The van der Waals surface area contributed by atoms with E-state index in [1.807, 2.05) is 35.6 Å². The first-order chi connectivity index (χ1) is 13.5. The molecule has 0 saturated carbocycles. The molecule has 0 aliphatic carbocycles. The molecule has 2 fully saturated rings. The van der Waals surface area contributed by atoms with Crippen molar-refractivity contribution in [2.24, 2.45) is 18.9 Å². The number of benzene rings is 1. The molecule has 2 atom stereocenters. The van der Waals surface area contributed by atoms with Crippen molar-refractivity contribution in [1.29, 1.82) is 0 Å². The molecule has 152 valence electrons. The number of amides is 1. The van der Waals surface area contributed by atoms with Crippen molar-refractivity contribution in [1.82, 2.24) is 19.3 Å². The van der Waals surface area contributed by atoms with E-state index in [0.29, 0.717) is 12.5 Å². The molecule has 1 N–H and O–H groups in total. The summed E-state index contributed by atoms with van der Waals surface area (Å²) in [5.41, 5.74) is 2.92. The second-order valence-electron chi connectivity index (χ2n) is 8.57. The summed E-state index contributed by atoms with van der Waals surface area (Å²) in [4.78, 5) is 20.2. The summed E-state index contributed by atoms with van der Waals surface area (Å²) in [6.07, 6.45) is 0. The molecular formula is C22H32N4O2. The van der Waals surface area contributed by atoms with Crippen molar-refractivity contribution < 1.29 is 9.90 Å². The number of para-hydroxylation sites is 1. The molecule has 0 bridgehead atoms. The number of hydrogen-bond donors (Lipinski definition) is 1. The fourth-order valence-corrected chi connectivity index (χ4v) is 4.92. The van der Waals surface area contributed by atoms with Crippen LogP contribution in [0.25, 0.3) is 10.9 Å². The largest absolute Gasteiger partial charge is 0.396 e. The summed E-state index contributed by atoms with van der Waals surface area (Å²) in [5, 5.41) is 11.1. The summed E-state index contributed by atoms with van der Waals surface area (Å²) in [7, 11) is 4.14. The Kier molecular flexibility index (Phi) is 5.45. The second kappa shape index (κ2) is 7.85. The highest BCUT2D eigenvalue weighted by molar-refractivity contribution is 6.01. The first-order valence-corrected chi connectivity index (χ1v) is 10.3. The van der Waals surface area contributed by atoms with E-state index >= 15 is 0 Å². The van der Waals surface area contributed by atoms with Crippen molar-refractivity contribution in [2.75, 3.05) is 59.5 Å². The molecule has 28 heavy (non-hydrogen) atoms. The van der Waals surface area contributed by atoms with Gasteiger partial charge in [-0.3, -0.25) is 4.79 Å². The molecule has 2 aliphatic rings. The Morgan fingerprint density at radius 2 is 1.75 bits per heavy atom. The Labute approximate surface area is 167 Å². The number of fused-ring (bicyclic) bond motifs is 1. The van der Waals surface area contributed by atoms with Crippen molar-refractivity contribution in [3.8, 4) is 0 Å².